The number of esters is 1. The molecule has 0 saturated carbocycles. The Balaban J connectivity index is 2.43. The number of hydrogen-bond donors (Lipinski definition) is 2. The lowest BCUT2D eigenvalue weighted by atomic mass is 10.2. The molecule has 0 aliphatic heterocycles. The first kappa shape index (κ1) is 22.7. The molecule has 1 rings (SSSR count). The molecule has 0 saturated heterocycles. The zero-order valence-electron chi connectivity index (χ0n) is 16.1. The summed E-state index contributed by atoms with van der Waals surface area (Å²) in [7, 11) is 1.36. The van der Waals surface area contributed by atoms with Crippen LogP contribution in [0.1, 0.15) is 27.2 Å². The Morgan fingerprint density at radius 1 is 1.21 bits per heavy atom. The quantitative estimate of drug-likeness (QED) is 0.385. The van der Waals surface area contributed by atoms with Crippen LogP contribution in [0, 0.1) is 10.1 Å². The molecule has 0 unspecified atom stereocenters. The normalized spacial score (nSPS) is 10.6. The van der Waals surface area contributed by atoms with Crippen LogP contribution in [0.4, 0.5) is 16.2 Å². The van der Waals surface area contributed by atoms with Gasteiger partial charge in [0, 0.05) is 6.54 Å². The molecule has 0 fully saturated rings. The number of nitrogens with one attached hydrogen (secondary N) is 2. The maximum atomic E-state index is 11.9. The van der Waals surface area contributed by atoms with Crippen LogP contribution >= 0.6 is 0 Å². The van der Waals surface area contributed by atoms with E-state index in [9.17, 15) is 24.5 Å². The monoisotopic (exact) mass is 397 g/mol. The van der Waals surface area contributed by atoms with E-state index in [4.69, 9.17) is 14.2 Å². The summed E-state index contributed by atoms with van der Waals surface area (Å²) >= 11 is 0. The van der Waals surface area contributed by atoms with Gasteiger partial charge in [-0.15, -0.1) is 0 Å². The molecule has 0 atom stereocenters. The van der Waals surface area contributed by atoms with E-state index in [2.05, 4.69) is 10.6 Å². The number of hydrogen-bond acceptors (Lipinski definition) is 8. The van der Waals surface area contributed by atoms with Gasteiger partial charge < -0.3 is 24.8 Å². The van der Waals surface area contributed by atoms with E-state index in [1.165, 1.54) is 19.2 Å². The Labute approximate surface area is 161 Å². The third-order valence-electron chi connectivity index (χ3n) is 3.04. The van der Waals surface area contributed by atoms with E-state index < -0.39 is 35.1 Å². The second kappa shape index (κ2) is 10.1. The smallest absolute Gasteiger partial charge is 0.407 e. The van der Waals surface area contributed by atoms with Crippen molar-refractivity contribution < 1.29 is 33.5 Å². The maximum absolute atomic E-state index is 11.9. The lowest BCUT2D eigenvalue weighted by Gasteiger charge is -2.19. The summed E-state index contributed by atoms with van der Waals surface area (Å²) in [5.74, 6) is -1.22. The van der Waals surface area contributed by atoms with Crippen molar-refractivity contribution in [1.29, 1.82) is 0 Å². The Bertz CT molecular complexity index is 742. The zero-order chi connectivity index (χ0) is 21.3. The van der Waals surface area contributed by atoms with Crippen LogP contribution in [-0.2, 0) is 19.1 Å². The second-order valence-electron chi connectivity index (χ2n) is 6.53. The van der Waals surface area contributed by atoms with E-state index in [-0.39, 0.29) is 30.1 Å². The Morgan fingerprint density at radius 3 is 2.46 bits per heavy atom. The number of anilines is 1. The van der Waals surface area contributed by atoms with Gasteiger partial charge in [0.1, 0.15) is 17.0 Å². The van der Waals surface area contributed by atoms with E-state index in [0.717, 1.165) is 6.07 Å². The number of nitro groups is 1. The SMILES string of the molecule is COc1ccc(NC(=O)COC(=O)CCNC(=O)OC(C)(C)C)c([N+](=O)[O-])c1. The average Bonchev–Trinajstić information content (AvgIpc) is 2.58. The predicted octanol–water partition coefficient (Wildman–Crippen LogP) is 2.00. The first-order chi connectivity index (χ1) is 13.0. The number of benzene rings is 1. The second-order valence-corrected chi connectivity index (χ2v) is 6.53. The topological polar surface area (TPSA) is 146 Å². The van der Waals surface area contributed by atoms with Crippen molar-refractivity contribution >= 4 is 29.3 Å². The van der Waals surface area contributed by atoms with E-state index in [1.54, 1.807) is 20.8 Å². The summed E-state index contributed by atoms with van der Waals surface area (Å²) < 4.78 is 14.7. The number of methoxy groups -OCH3 is 1. The van der Waals surface area contributed by atoms with Crippen molar-refractivity contribution in [2.24, 2.45) is 0 Å². The molecule has 11 heteroatoms. The minimum absolute atomic E-state index is 0.0285. The molecular weight excluding hydrogens is 374 g/mol. The van der Waals surface area contributed by atoms with Crippen LogP contribution in [0.2, 0.25) is 0 Å². The molecule has 1 aromatic carbocycles. The third kappa shape index (κ3) is 8.34. The molecule has 0 radical (unpaired) electrons. The first-order valence-electron chi connectivity index (χ1n) is 8.26. The maximum Gasteiger partial charge on any atom is 0.407 e. The van der Waals surface area contributed by atoms with Gasteiger partial charge in [0.15, 0.2) is 6.61 Å². The van der Waals surface area contributed by atoms with Crippen molar-refractivity contribution in [3.05, 3.63) is 28.3 Å². The van der Waals surface area contributed by atoms with Gasteiger partial charge in [-0.1, -0.05) is 0 Å². The molecule has 0 bridgehead atoms. The Morgan fingerprint density at radius 2 is 1.89 bits per heavy atom. The number of nitrogens with zero attached hydrogens (tertiary/aromatic N) is 1. The number of amides is 2. The molecular formula is C17H23N3O8. The highest BCUT2D eigenvalue weighted by atomic mass is 16.6. The number of ether oxygens (including phenoxy) is 3. The molecule has 11 nitrogen and oxygen atoms in total. The fourth-order valence-corrected chi connectivity index (χ4v) is 1.88. The van der Waals surface area contributed by atoms with Crippen LogP contribution in [0.15, 0.2) is 18.2 Å². The van der Waals surface area contributed by atoms with Gasteiger partial charge in [-0.05, 0) is 32.9 Å². The van der Waals surface area contributed by atoms with Gasteiger partial charge in [-0.25, -0.2) is 4.79 Å². The van der Waals surface area contributed by atoms with Crippen LogP contribution in [0.3, 0.4) is 0 Å². The van der Waals surface area contributed by atoms with Gasteiger partial charge >= 0.3 is 12.1 Å². The van der Waals surface area contributed by atoms with E-state index in [0.29, 0.717) is 0 Å². The first-order valence-corrected chi connectivity index (χ1v) is 8.26. The minimum Gasteiger partial charge on any atom is -0.496 e. The van der Waals surface area contributed by atoms with Crippen molar-refractivity contribution in [2.45, 2.75) is 32.8 Å². The summed E-state index contributed by atoms with van der Waals surface area (Å²) in [5, 5.41) is 15.7. The van der Waals surface area contributed by atoms with E-state index in [1.807, 2.05) is 0 Å². The lowest BCUT2D eigenvalue weighted by molar-refractivity contribution is -0.384. The lowest BCUT2D eigenvalue weighted by Crippen LogP contribution is -2.34. The number of carbonyl (C=O) groups excluding carboxylic acids is 3. The number of carbonyl (C=O) groups is 3. The van der Waals surface area contributed by atoms with Gasteiger partial charge in [0.25, 0.3) is 11.6 Å². The molecule has 0 aliphatic rings. The summed E-state index contributed by atoms with van der Waals surface area (Å²) in [5.41, 5.74) is -1.08. The summed E-state index contributed by atoms with van der Waals surface area (Å²) in [6.07, 6.45) is -0.847. The molecule has 0 heterocycles. The van der Waals surface area contributed by atoms with Crippen LogP contribution in [0.25, 0.3) is 0 Å². The summed E-state index contributed by atoms with van der Waals surface area (Å²) in [6.45, 7) is 4.44. The summed E-state index contributed by atoms with van der Waals surface area (Å²) in [4.78, 5) is 45.3. The molecule has 0 aliphatic carbocycles. The summed E-state index contributed by atoms with van der Waals surface area (Å²) in [6, 6.07) is 3.91. The largest absolute Gasteiger partial charge is 0.496 e. The fourth-order valence-electron chi connectivity index (χ4n) is 1.88. The standard InChI is InChI=1S/C17H23N3O8/c1-17(2,3)28-16(23)18-8-7-15(22)27-10-14(21)19-12-6-5-11(26-4)9-13(12)20(24)25/h5-6,9H,7-8,10H2,1-4H3,(H,18,23)(H,19,21). The highest BCUT2D eigenvalue weighted by Gasteiger charge is 2.19. The van der Waals surface area contributed by atoms with Crippen LogP contribution < -0.4 is 15.4 Å². The van der Waals surface area contributed by atoms with Crippen molar-refractivity contribution in [3.8, 4) is 5.75 Å². The molecule has 28 heavy (non-hydrogen) atoms. The van der Waals surface area contributed by atoms with Crippen molar-refractivity contribution in [1.82, 2.24) is 5.32 Å². The molecule has 1 aromatic rings. The van der Waals surface area contributed by atoms with Gasteiger partial charge in [-0.3, -0.25) is 19.7 Å². The molecule has 0 aromatic heterocycles. The van der Waals surface area contributed by atoms with Crippen molar-refractivity contribution in [2.75, 3.05) is 25.6 Å². The highest BCUT2D eigenvalue weighted by Crippen LogP contribution is 2.28. The number of nitro benzene ring substituents is 1. The van der Waals surface area contributed by atoms with E-state index >= 15 is 0 Å². The van der Waals surface area contributed by atoms with Crippen LogP contribution in [-0.4, -0.2) is 48.8 Å². The van der Waals surface area contributed by atoms with Gasteiger partial charge in [0.2, 0.25) is 0 Å². The molecule has 154 valence electrons. The predicted molar refractivity (Wildman–Crippen MR) is 98.1 cm³/mol. The Kier molecular flexibility index (Phi) is 8.17. The average molecular weight is 397 g/mol. The molecule has 0 spiro atoms. The third-order valence-corrected chi connectivity index (χ3v) is 3.04. The minimum atomic E-state index is -0.748. The van der Waals surface area contributed by atoms with Gasteiger partial charge in [0.05, 0.1) is 24.5 Å². The number of rotatable bonds is 8. The number of alkyl carbamates (subject to hydrolysis) is 1. The fraction of sp³-hybridized carbons (Fsp3) is 0.471. The Hall–Kier alpha value is -3.37. The van der Waals surface area contributed by atoms with Crippen LogP contribution in [0.5, 0.6) is 5.75 Å². The molecule has 2 N–H and O–H groups in total. The highest BCUT2D eigenvalue weighted by molar-refractivity contribution is 5.95. The zero-order valence-corrected chi connectivity index (χ0v) is 16.1. The van der Waals surface area contributed by atoms with Gasteiger partial charge in [-0.2, -0.15) is 0 Å². The molecule has 2 amide bonds. The van der Waals surface area contributed by atoms with Crippen molar-refractivity contribution in [3.63, 3.8) is 0 Å².